The van der Waals surface area contributed by atoms with E-state index in [1.807, 2.05) is 0 Å². The quantitative estimate of drug-likeness (QED) is 0.494. The summed E-state index contributed by atoms with van der Waals surface area (Å²) in [7, 11) is 0. The third-order valence-corrected chi connectivity index (χ3v) is 2.67. The van der Waals surface area contributed by atoms with Crippen molar-refractivity contribution in [2.24, 2.45) is 0 Å². The minimum Gasteiger partial charge on any atom is -0.457 e. The fourth-order valence-electron chi connectivity index (χ4n) is 1.62. The van der Waals surface area contributed by atoms with Crippen LogP contribution in [0.5, 0.6) is 0 Å². The van der Waals surface area contributed by atoms with Gasteiger partial charge in [-0.15, -0.1) is 0 Å². The maximum Gasteiger partial charge on any atom is 0.417 e. The zero-order valence-corrected chi connectivity index (χ0v) is 10.1. The average molecular weight is 214 g/mol. The Balaban J connectivity index is 3.07. The predicted molar refractivity (Wildman–Crippen MR) is 62.5 cm³/mol. The molecule has 0 aliphatic heterocycles. The summed E-state index contributed by atoms with van der Waals surface area (Å²) in [5.41, 5.74) is 0. The lowest BCUT2D eigenvalue weighted by atomic mass is 10.1. The molecule has 0 aromatic carbocycles. The Kier molecular flexibility index (Phi) is 11.1. The smallest absolute Gasteiger partial charge is 0.417 e. The second kappa shape index (κ2) is 11.5. The van der Waals surface area contributed by atoms with Crippen molar-refractivity contribution in [2.75, 3.05) is 26.2 Å². The van der Waals surface area contributed by atoms with Crippen molar-refractivity contribution in [3.8, 4) is 0 Å². The summed E-state index contributed by atoms with van der Waals surface area (Å²) in [5.74, 6) is 0. The number of hydrogen-bond acceptors (Lipinski definition) is 3. The third kappa shape index (κ3) is 9.73. The summed E-state index contributed by atoms with van der Waals surface area (Å²) in [6.07, 6.45) is 5.92. The van der Waals surface area contributed by atoms with Gasteiger partial charge in [-0.3, -0.25) is 0 Å². The molecule has 89 valence electrons. The molecule has 0 aromatic rings. The molecule has 0 atom stereocenters. The van der Waals surface area contributed by atoms with Crippen LogP contribution < -0.4 is 0 Å². The van der Waals surface area contributed by atoms with E-state index < -0.39 is 0 Å². The monoisotopic (exact) mass is 214 g/mol. The molecule has 0 fully saturated rings. The van der Waals surface area contributed by atoms with Crippen LogP contribution in [0.15, 0.2) is 0 Å². The van der Waals surface area contributed by atoms with Crippen LogP contribution in [0.3, 0.4) is 0 Å². The van der Waals surface area contributed by atoms with E-state index >= 15 is 0 Å². The number of carbonyl (C=O) groups excluding carboxylic acids is 1. The number of rotatable bonds is 11. The van der Waals surface area contributed by atoms with Crippen LogP contribution in [0.2, 0.25) is 0 Å². The van der Waals surface area contributed by atoms with Crippen LogP contribution in [0.4, 0.5) is 0 Å². The first kappa shape index (κ1) is 14.4. The fraction of sp³-hybridized carbons (Fsp3) is 0.917. The molecule has 0 heterocycles. The predicted octanol–water partition coefficient (Wildman–Crippen LogP) is 2.36. The van der Waals surface area contributed by atoms with Crippen molar-refractivity contribution in [1.29, 1.82) is 0 Å². The molecule has 15 heavy (non-hydrogen) atoms. The first-order valence-electron chi connectivity index (χ1n) is 6.06. The molecule has 1 radical (unpaired) electrons. The fourth-order valence-corrected chi connectivity index (χ4v) is 1.62. The largest absolute Gasteiger partial charge is 0.457 e. The van der Waals surface area contributed by atoms with E-state index in [1.165, 1.54) is 32.3 Å². The third-order valence-electron chi connectivity index (χ3n) is 2.67. The maximum atomic E-state index is 9.73. The zero-order valence-electron chi connectivity index (χ0n) is 10.1. The molecule has 3 heteroatoms. The molecule has 0 saturated carbocycles. The molecule has 3 nitrogen and oxygen atoms in total. The summed E-state index contributed by atoms with van der Waals surface area (Å²) in [4.78, 5) is 12.2. The van der Waals surface area contributed by atoms with Gasteiger partial charge in [0, 0.05) is 0 Å². The van der Waals surface area contributed by atoms with Gasteiger partial charge in [-0.1, -0.05) is 33.1 Å². The number of hydrogen-bond donors (Lipinski definition) is 0. The Hall–Kier alpha value is -0.570. The van der Waals surface area contributed by atoms with Crippen molar-refractivity contribution in [2.45, 2.75) is 46.0 Å². The van der Waals surface area contributed by atoms with Gasteiger partial charge in [-0.25, -0.2) is 4.79 Å². The van der Waals surface area contributed by atoms with Gasteiger partial charge in [0.1, 0.15) is 0 Å². The molecule has 0 aliphatic carbocycles. The van der Waals surface area contributed by atoms with E-state index in [-0.39, 0.29) is 0 Å². The maximum absolute atomic E-state index is 9.73. The van der Waals surface area contributed by atoms with Crippen molar-refractivity contribution >= 4 is 6.47 Å². The lowest BCUT2D eigenvalue weighted by molar-refractivity contribution is 0.266. The molecule has 0 amide bonds. The molecular formula is C12H24NO2. The summed E-state index contributed by atoms with van der Waals surface area (Å²) in [5, 5.41) is 0. The first-order chi connectivity index (χ1) is 7.35. The second-order valence-electron chi connectivity index (χ2n) is 3.73. The molecule has 0 N–H and O–H groups in total. The minimum atomic E-state index is 0.527. The van der Waals surface area contributed by atoms with Crippen molar-refractivity contribution in [3.05, 3.63) is 0 Å². The molecule has 0 unspecified atom stereocenters. The van der Waals surface area contributed by atoms with Crippen LogP contribution in [-0.2, 0) is 9.53 Å². The van der Waals surface area contributed by atoms with E-state index in [0.29, 0.717) is 6.61 Å². The molecule has 0 saturated heterocycles. The lowest BCUT2D eigenvalue weighted by Crippen LogP contribution is -2.23. The van der Waals surface area contributed by atoms with E-state index in [2.05, 4.69) is 23.5 Å². The van der Waals surface area contributed by atoms with Gasteiger partial charge >= 0.3 is 6.47 Å². The summed E-state index contributed by atoms with van der Waals surface area (Å²) in [6, 6.07) is 0. The van der Waals surface area contributed by atoms with Crippen molar-refractivity contribution < 1.29 is 9.53 Å². The van der Waals surface area contributed by atoms with Gasteiger partial charge in [0.2, 0.25) is 0 Å². The van der Waals surface area contributed by atoms with Gasteiger partial charge in [0.25, 0.3) is 0 Å². The molecule has 0 bridgehead atoms. The summed E-state index contributed by atoms with van der Waals surface area (Å²) >= 11 is 0. The van der Waals surface area contributed by atoms with E-state index in [1.54, 1.807) is 0 Å². The molecule has 0 spiro atoms. The molecule has 0 aliphatic rings. The summed E-state index contributed by atoms with van der Waals surface area (Å²) < 4.78 is 4.50. The number of nitrogens with zero attached hydrogens (tertiary/aromatic N) is 1. The van der Waals surface area contributed by atoms with Crippen LogP contribution >= 0.6 is 0 Å². The highest BCUT2D eigenvalue weighted by atomic mass is 16.5. The highest BCUT2D eigenvalue weighted by Gasteiger charge is 1.97. The van der Waals surface area contributed by atoms with Gasteiger partial charge < -0.3 is 9.64 Å². The SMILES string of the molecule is CCN(CC)CCCCCCCO[C]=O. The lowest BCUT2D eigenvalue weighted by Gasteiger charge is -2.17. The van der Waals surface area contributed by atoms with Crippen LogP contribution in [0.25, 0.3) is 0 Å². The van der Waals surface area contributed by atoms with E-state index in [9.17, 15) is 4.79 Å². The molecule has 0 rings (SSSR count). The Morgan fingerprint density at radius 3 is 2.20 bits per heavy atom. The van der Waals surface area contributed by atoms with Gasteiger partial charge in [-0.05, 0) is 32.5 Å². The Labute approximate surface area is 93.8 Å². The van der Waals surface area contributed by atoms with Gasteiger partial charge in [0.05, 0.1) is 6.61 Å². The van der Waals surface area contributed by atoms with Crippen LogP contribution in [-0.4, -0.2) is 37.6 Å². The standard InChI is InChI=1S/C12H24NO2/c1-3-13(4-2)10-8-6-5-7-9-11-15-12-14/h3-11H2,1-2H3. The zero-order chi connectivity index (χ0) is 11.4. The second-order valence-corrected chi connectivity index (χ2v) is 3.73. The minimum absolute atomic E-state index is 0.527. The number of ether oxygens (including phenoxy) is 1. The Morgan fingerprint density at radius 2 is 1.60 bits per heavy atom. The van der Waals surface area contributed by atoms with E-state index in [4.69, 9.17) is 0 Å². The Bertz CT molecular complexity index is 136. The van der Waals surface area contributed by atoms with Crippen molar-refractivity contribution in [1.82, 2.24) is 4.90 Å². The topological polar surface area (TPSA) is 29.5 Å². The van der Waals surface area contributed by atoms with Crippen LogP contribution in [0.1, 0.15) is 46.0 Å². The van der Waals surface area contributed by atoms with Gasteiger partial charge in [0.15, 0.2) is 0 Å². The van der Waals surface area contributed by atoms with Gasteiger partial charge in [-0.2, -0.15) is 0 Å². The highest BCUT2D eigenvalue weighted by molar-refractivity contribution is 5.37. The van der Waals surface area contributed by atoms with E-state index in [0.717, 1.165) is 25.9 Å². The molecule has 0 aromatic heterocycles. The normalized spacial score (nSPS) is 10.6. The number of unbranched alkanes of at least 4 members (excludes halogenated alkanes) is 4. The molecular weight excluding hydrogens is 190 g/mol. The highest BCUT2D eigenvalue weighted by Crippen LogP contribution is 2.04. The summed E-state index contributed by atoms with van der Waals surface area (Å²) in [6.45, 7) is 9.90. The first-order valence-corrected chi connectivity index (χ1v) is 6.06. The van der Waals surface area contributed by atoms with Crippen molar-refractivity contribution in [3.63, 3.8) is 0 Å². The van der Waals surface area contributed by atoms with Crippen LogP contribution in [0, 0.1) is 0 Å². The average Bonchev–Trinajstić information content (AvgIpc) is 2.27. The Morgan fingerprint density at radius 1 is 1.00 bits per heavy atom.